The number of likely N-dealkylation sites (tertiary alicyclic amines) is 1. The van der Waals surface area contributed by atoms with E-state index in [1.807, 2.05) is 23.1 Å². The number of rotatable bonds is 6. The van der Waals surface area contributed by atoms with Gasteiger partial charge in [-0.15, -0.1) is 0 Å². The zero-order valence-electron chi connectivity index (χ0n) is 15.6. The highest BCUT2D eigenvalue weighted by Crippen LogP contribution is 2.19. The Bertz CT molecular complexity index is 854. The number of carbonyl (C=O) groups excluding carboxylic acids is 3. The normalized spacial score (nSPS) is 16.9. The van der Waals surface area contributed by atoms with E-state index in [0.717, 1.165) is 19.4 Å². The molecule has 1 heterocycles. The molecule has 3 amide bonds. The Morgan fingerprint density at radius 2 is 1.71 bits per heavy atom. The van der Waals surface area contributed by atoms with Crippen molar-refractivity contribution in [2.75, 3.05) is 30.3 Å². The number of anilines is 2. The van der Waals surface area contributed by atoms with Gasteiger partial charge < -0.3 is 16.4 Å². The van der Waals surface area contributed by atoms with Gasteiger partial charge in [-0.3, -0.25) is 19.3 Å². The molecule has 0 spiro atoms. The van der Waals surface area contributed by atoms with E-state index < -0.39 is 0 Å². The lowest BCUT2D eigenvalue weighted by Gasteiger charge is -2.30. The molecule has 1 saturated heterocycles. The fourth-order valence-electron chi connectivity index (χ4n) is 3.33. The number of piperidine rings is 1. The summed E-state index contributed by atoms with van der Waals surface area (Å²) in [5, 5.41) is 5.63. The van der Waals surface area contributed by atoms with E-state index in [1.165, 1.54) is 0 Å². The average molecular weight is 380 g/mol. The Labute approximate surface area is 163 Å². The third-order valence-electron chi connectivity index (χ3n) is 4.75. The van der Waals surface area contributed by atoms with Crippen LogP contribution in [0.4, 0.5) is 11.4 Å². The highest BCUT2D eigenvalue weighted by molar-refractivity contribution is 6.10. The van der Waals surface area contributed by atoms with Crippen LogP contribution in [0.15, 0.2) is 54.6 Å². The van der Waals surface area contributed by atoms with Crippen LogP contribution in [0.3, 0.4) is 0 Å². The summed E-state index contributed by atoms with van der Waals surface area (Å²) in [5.41, 5.74) is 6.90. The Hall–Kier alpha value is -3.19. The number of nitrogens with one attached hydrogen (secondary N) is 2. The highest BCUT2D eigenvalue weighted by Gasteiger charge is 2.25. The zero-order valence-corrected chi connectivity index (χ0v) is 15.6. The van der Waals surface area contributed by atoms with Crippen molar-refractivity contribution in [2.24, 2.45) is 11.7 Å². The smallest absolute Gasteiger partial charge is 0.257 e. The Kier molecular flexibility index (Phi) is 6.39. The summed E-state index contributed by atoms with van der Waals surface area (Å²) in [5.74, 6) is -1.07. The van der Waals surface area contributed by atoms with Crippen LogP contribution in [0.25, 0.3) is 0 Å². The molecule has 0 aromatic heterocycles. The molecule has 4 N–H and O–H groups in total. The van der Waals surface area contributed by atoms with Crippen molar-refractivity contribution in [1.29, 1.82) is 0 Å². The summed E-state index contributed by atoms with van der Waals surface area (Å²) in [6.07, 6.45) is 1.59. The first-order chi connectivity index (χ1) is 13.5. The molecule has 146 valence electrons. The summed E-state index contributed by atoms with van der Waals surface area (Å²) >= 11 is 0. The Morgan fingerprint density at radius 1 is 1.00 bits per heavy atom. The van der Waals surface area contributed by atoms with E-state index >= 15 is 0 Å². The first-order valence-corrected chi connectivity index (χ1v) is 9.30. The van der Waals surface area contributed by atoms with Crippen molar-refractivity contribution in [3.63, 3.8) is 0 Å². The zero-order chi connectivity index (χ0) is 19.9. The van der Waals surface area contributed by atoms with Crippen molar-refractivity contribution < 1.29 is 14.4 Å². The van der Waals surface area contributed by atoms with E-state index in [2.05, 4.69) is 10.6 Å². The third-order valence-corrected chi connectivity index (χ3v) is 4.75. The maximum absolute atomic E-state index is 12.6. The monoisotopic (exact) mass is 380 g/mol. The van der Waals surface area contributed by atoms with Gasteiger partial charge in [0.25, 0.3) is 5.91 Å². The number of carbonyl (C=O) groups is 3. The fraction of sp³-hybridized carbons (Fsp3) is 0.286. The number of benzene rings is 2. The van der Waals surface area contributed by atoms with E-state index in [4.69, 9.17) is 5.73 Å². The van der Waals surface area contributed by atoms with Crippen LogP contribution >= 0.6 is 0 Å². The molecular weight excluding hydrogens is 356 g/mol. The molecule has 1 fully saturated rings. The van der Waals surface area contributed by atoms with Gasteiger partial charge in [0.05, 0.1) is 23.7 Å². The van der Waals surface area contributed by atoms with E-state index in [-0.39, 0.29) is 30.2 Å². The molecule has 1 aliphatic rings. The lowest BCUT2D eigenvalue weighted by atomic mass is 9.97. The molecule has 0 bridgehead atoms. The van der Waals surface area contributed by atoms with Crippen LogP contribution in [0, 0.1) is 5.92 Å². The van der Waals surface area contributed by atoms with Crippen molar-refractivity contribution in [3.05, 3.63) is 60.2 Å². The van der Waals surface area contributed by atoms with E-state index in [0.29, 0.717) is 23.5 Å². The molecule has 1 aliphatic heterocycles. The third kappa shape index (κ3) is 5.17. The quantitative estimate of drug-likeness (QED) is 0.713. The summed E-state index contributed by atoms with van der Waals surface area (Å²) in [6, 6.07) is 16.0. The van der Waals surface area contributed by atoms with Gasteiger partial charge in [-0.05, 0) is 43.7 Å². The molecule has 1 atom stereocenters. The SMILES string of the molecule is NC(=O)[C@@H]1CCCN(CC(=O)Nc2ccccc2C(=O)Nc2ccccc2)C1. The summed E-state index contributed by atoms with van der Waals surface area (Å²) in [6.45, 7) is 1.38. The van der Waals surface area contributed by atoms with Crippen LogP contribution in [0.5, 0.6) is 0 Å². The van der Waals surface area contributed by atoms with Gasteiger partial charge >= 0.3 is 0 Å². The molecule has 28 heavy (non-hydrogen) atoms. The predicted octanol–water partition coefficient (Wildman–Crippen LogP) is 2.07. The topological polar surface area (TPSA) is 105 Å². The average Bonchev–Trinajstić information content (AvgIpc) is 2.69. The molecule has 0 saturated carbocycles. The minimum atomic E-state index is -0.326. The number of para-hydroxylation sites is 2. The van der Waals surface area contributed by atoms with Gasteiger partial charge in [0.1, 0.15) is 0 Å². The van der Waals surface area contributed by atoms with Gasteiger partial charge in [0.2, 0.25) is 11.8 Å². The number of amides is 3. The van der Waals surface area contributed by atoms with Gasteiger partial charge in [-0.25, -0.2) is 0 Å². The van der Waals surface area contributed by atoms with Crippen molar-refractivity contribution >= 4 is 29.1 Å². The Balaban J connectivity index is 1.63. The van der Waals surface area contributed by atoms with Gasteiger partial charge in [0, 0.05) is 12.2 Å². The Morgan fingerprint density at radius 3 is 2.46 bits per heavy atom. The molecule has 2 aromatic carbocycles. The van der Waals surface area contributed by atoms with Gasteiger partial charge in [-0.2, -0.15) is 0 Å². The van der Waals surface area contributed by atoms with Crippen molar-refractivity contribution in [1.82, 2.24) is 4.90 Å². The second kappa shape index (κ2) is 9.14. The molecule has 7 nitrogen and oxygen atoms in total. The number of hydrogen-bond acceptors (Lipinski definition) is 4. The van der Waals surface area contributed by atoms with Crippen LogP contribution in [0.1, 0.15) is 23.2 Å². The molecule has 3 rings (SSSR count). The largest absolute Gasteiger partial charge is 0.369 e. The van der Waals surface area contributed by atoms with E-state index in [9.17, 15) is 14.4 Å². The molecule has 0 unspecified atom stereocenters. The number of hydrogen-bond donors (Lipinski definition) is 3. The van der Waals surface area contributed by atoms with Crippen molar-refractivity contribution in [2.45, 2.75) is 12.8 Å². The first kappa shape index (κ1) is 19.6. The maximum Gasteiger partial charge on any atom is 0.257 e. The minimum Gasteiger partial charge on any atom is -0.369 e. The molecule has 0 aliphatic carbocycles. The highest BCUT2D eigenvalue weighted by atomic mass is 16.2. The second-order valence-corrected chi connectivity index (χ2v) is 6.89. The molecule has 7 heteroatoms. The first-order valence-electron chi connectivity index (χ1n) is 9.30. The molecule has 2 aromatic rings. The van der Waals surface area contributed by atoms with Crippen LogP contribution in [-0.2, 0) is 9.59 Å². The van der Waals surface area contributed by atoms with Gasteiger partial charge in [-0.1, -0.05) is 30.3 Å². The van der Waals surface area contributed by atoms with Crippen LogP contribution < -0.4 is 16.4 Å². The maximum atomic E-state index is 12.6. The summed E-state index contributed by atoms with van der Waals surface area (Å²) in [4.78, 5) is 38.4. The van der Waals surface area contributed by atoms with Gasteiger partial charge in [0.15, 0.2) is 0 Å². The standard InChI is InChI=1S/C21H24N4O3/c22-20(27)15-7-6-12-25(13-15)14-19(26)24-18-11-5-4-10-17(18)21(28)23-16-8-2-1-3-9-16/h1-5,8-11,15H,6-7,12-14H2,(H2,22,27)(H,23,28)(H,24,26)/t15-/m1/s1. The van der Waals surface area contributed by atoms with Crippen molar-refractivity contribution in [3.8, 4) is 0 Å². The lowest BCUT2D eigenvalue weighted by Crippen LogP contribution is -2.44. The minimum absolute atomic E-state index is 0.151. The summed E-state index contributed by atoms with van der Waals surface area (Å²) < 4.78 is 0. The number of nitrogens with zero attached hydrogens (tertiary/aromatic N) is 1. The van der Waals surface area contributed by atoms with E-state index in [1.54, 1.807) is 36.4 Å². The molecular formula is C21H24N4O3. The predicted molar refractivity (Wildman–Crippen MR) is 108 cm³/mol. The lowest BCUT2D eigenvalue weighted by molar-refractivity contribution is -0.125. The van der Waals surface area contributed by atoms with Crippen LogP contribution in [-0.4, -0.2) is 42.3 Å². The molecule has 0 radical (unpaired) electrons. The van der Waals surface area contributed by atoms with Crippen LogP contribution in [0.2, 0.25) is 0 Å². The number of primary amides is 1. The second-order valence-electron chi connectivity index (χ2n) is 6.89. The number of nitrogens with two attached hydrogens (primary N) is 1. The fourth-order valence-corrected chi connectivity index (χ4v) is 3.33. The summed E-state index contributed by atoms with van der Waals surface area (Å²) in [7, 11) is 0.